The molecule has 1 saturated carbocycles. The Morgan fingerprint density at radius 1 is 1.10 bits per heavy atom. The number of nitrogens with zero attached hydrogens (tertiary/aromatic N) is 1. The summed E-state index contributed by atoms with van der Waals surface area (Å²) in [5, 5.41) is 3.45. The van der Waals surface area contributed by atoms with Crippen LogP contribution in [0.3, 0.4) is 0 Å². The smallest absolute Gasteiger partial charge is 0.222 e. The average Bonchev–Trinajstić information content (AvgIpc) is 2.52. The van der Waals surface area contributed by atoms with Crippen molar-refractivity contribution in [3.63, 3.8) is 0 Å². The summed E-state index contributed by atoms with van der Waals surface area (Å²) in [5.41, 5.74) is 0. The fourth-order valence-electron chi connectivity index (χ4n) is 3.76. The molecule has 1 saturated heterocycles. The molecule has 2 aliphatic rings. The van der Waals surface area contributed by atoms with Crippen molar-refractivity contribution in [3.05, 3.63) is 0 Å². The third-order valence-corrected chi connectivity index (χ3v) is 5.10. The standard InChI is InChI=1S/C17H32N2O/c1-2-19(14-16-9-6-12-18-13-16)17(20)11-10-15-7-4-3-5-8-15/h15-16,18H,2-14H2,1H3. The van der Waals surface area contributed by atoms with E-state index in [1.54, 1.807) is 0 Å². The molecule has 20 heavy (non-hydrogen) atoms. The summed E-state index contributed by atoms with van der Waals surface area (Å²) in [5.74, 6) is 1.88. The molecule has 0 spiro atoms. The van der Waals surface area contributed by atoms with Crippen LogP contribution in [0.5, 0.6) is 0 Å². The highest BCUT2D eigenvalue weighted by atomic mass is 16.2. The number of hydrogen-bond donors (Lipinski definition) is 1. The van der Waals surface area contributed by atoms with Gasteiger partial charge in [0.1, 0.15) is 0 Å². The van der Waals surface area contributed by atoms with Gasteiger partial charge in [0.05, 0.1) is 0 Å². The summed E-state index contributed by atoms with van der Waals surface area (Å²) >= 11 is 0. The lowest BCUT2D eigenvalue weighted by Crippen LogP contribution is -2.41. The number of amides is 1. The van der Waals surface area contributed by atoms with E-state index in [9.17, 15) is 4.79 Å². The van der Waals surface area contributed by atoms with E-state index in [1.165, 1.54) is 44.9 Å². The van der Waals surface area contributed by atoms with E-state index in [1.807, 2.05) is 0 Å². The van der Waals surface area contributed by atoms with Crippen molar-refractivity contribution in [1.29, 1.82) is 0 Å². The molecule has 0 bridgehead atoms. The highest BCUT2D eigenvalue weighted by molar-refractivity contribution is 5.76. The Morgan fingerprint density at radius 3 is 2.50 bits per heavy atom. The summed E-state index contributed by atoms with van der Waals surface area (Å²) in [7, 11) is 0. The fourth-order valence-corrected chi connectivity index (χ4v) is 3.76. The largest absolute Gasteiger partial charge is 0.343 e. The van der Waals surface area contributed by atoms with Crippen LogP contribution in [0.2, 0.25) is 0 Å². The second-order valence-electron chi connectivity index (χ2n) is 6.69. The molecule has 0 aromatic heterocycles. The van der Waals surface area contributed by atoms with E-state index in [-0.39, 0.29) is 0 Å². The third-order valence-electron chi connectivity index (χ3n) is 5.10. The molecule has 1 atom stereocenters. The van der Waals surface area contributed by atoms with Crippen molar-refractivity contribution >= 4 is 5.91 Å². The number of carbonyl (C=O) groups is 1. The number of nitrogens with one attached hydrogen (secondary N) is 1. The van der Waals surface area contributed by atoms with E-state index in [2.05, 4.69) is 17.1 Å². The molecular formula is C17H32N2O. The van der Waals surface area contributed by atoms with Gasteiger partial charge in [-0.2, -0.15) is 0 Å². The molecule has 1 aliphatic carbocycles. The molecular weight excluding hydrogens is 248 g/mol. The first-order chi connectivity index (χ1) is 9.79. The van der Waals surface area contributed by atoms with Crippen LogP contribution in [0.25, 0.3) is 0 Å². The summed E-state index contributed by atoms with van der Waals surface area (Å²) in [6, 6.07) is 0. The van der Waals surface area contributed by atoms with Crippen molar-refractivity contribution in [3.8, 4) is 0 Å². The minimum atomic E-state index is 0.392. The molecule has 116 valence electrons. The summed E-state index contributed by atoms with van der Waals surface area (Å²) in [6.07, 6.45) is 11.3. The van der Waals surface area contributed by atoms with E-state index in [0.717, 1.165) is 44.9 Å². The molecule has 2 rings (SSSR count). The van der Waals surface area contributed by atoms with Crippen LogP contribution in [0.1, 0.15) is 64.7 Å². The van der Waals surface area contributed by atoms with Crippen molar-refractivity contribution in [2.45, 2.75) is 64.7 Å². The Balaban J connectivity index is 1.70. The Kier molecular flexibility index (Phi) is 6.85. The van der Waals surface area contributed by atoms with Gasteiger partial charge in [0.25, 0.3) is 0 Å². The van der Waals surface area contributed by atoms with Gasteiger partial charge in [0, 0.05) is 19.5 Å². The number of hydrogen-bond acceptors (Lipinski definition) is 2. The lowest BCUT2D eigenvalue weighted by Gasteiger charge is -2.30. The number of piperidine rings is 1. The first-order valence-electron chi connectivity index (χ1n) is 8.78. The van der Waals surface area contributed by atoms with Crippen molar-refractivity contribution in [1.82, 2.24) is 10.2 Å². The maximum absolute atomic E-state index is 12.4. The number of rotatable bonds is 6. The Labute approximate surface area is 124 Å². The molecule has 0 aromatic carbocycles. The molecule has 1 aliphatic heterocycles. The molecule has 1 N–H and O–H groups in total. The van der Waals surface area contributed by atoms with Gasteiger partial charge in [-0.3, -0.25) is 4.79 Å². The van der Waals surface area contributed by atoms with Gasteiger partial charge in [0.2, 0.25) is 5.91 Å². The highest BCUT2D eigenvalue weighted by Gasteiger charge is 2.21. The first kappa shape index (κ1) is 15.8. The topological polar surface area (TPSA) is 32.3 Å². The van der Waals surface area contributed by atoms with Gasteiger partial charge >= 0.3 is 0 Å². The predicted molar refractivity (Wildman–Crippen MR) is 83.7 cm³/mol. The normalized spacial score (nSPS) is 24.6. The summed E-state index contributed by atoms with van der Waals surface area (Å²) in [4.78, 5) is 14.5. The zero-order chi connectivity index (χ0) is 14.2. The molecule has 1 amide bonds. The van der Waals surface area contributed by atoms with Gasteiger partial charge in [-0.05, 0) is 51.1 Å². The maximum atomic E-state index is 12.4. The van der Waals surface area contributed by atoms with Crippen LogP contribution in [0, 0.1) is 11.8 Å². The number of carbonyl (C=O) groups excluding carboxylic acids is 1. The van der Waals surface area contributed by atoms with E-state index < -0.39 is 0 Å². The molecule has 3 heteroatoms. The summed E-state index contributed by atoms with van der Waals surface area (Å²) < 4.78 is 0. The van der Waals surface area contributed by atoms with Gasteiger partial charge in [0.15, 0.2) is 0 Å². The second kappa shape index (κ2) is 8.66. The Hall–Kier alpha value is -0.570. The molecule has 2 fully saturated rings. The lowest BCUT2D eigenvalue weighted by molar-refractivity contribution is -0.132. The SMILES string of the molecule is CCN(CC1CCCNC1)C(=O)CCC1CCCCC1. The van der Waals surface area contributed by atoms with E-state index in [0.29, 0.717) is 11.8 Å². The first-order valence-corrected chi connectivity index (χ1v) is 8.78. The lowest BCUT2D eigenvalue weighted by atomic mass is 9.86. The van der Waals surface area contributed by atoms with Gasteiger partial charge in [-0.25, -0.2) is 0 Å². The molecule has 1 unspecified atom stereocenters. The monoisotopic (exact) mass is 280 g/mol. The van der Waals surface area contributed by atoms with Crippen molar-refractivity contribution in [2.24, 2.45) is 11.8 Å². The van der Waals surface area contributed by atoms with E-state index in [4.69, 9.17) is 0 Å². The van der Waals surface area contributed by atoms with Crippen LogP contribution in [0.4, 0.5) is 0 Å². The fraction of sp³-hybridized carbons (Fsp3) is 0.941. The Bertz CT molecular complexity index is 281. The van der Waals surface area contributed by atoms with Crippen LogP contribution in [-0.4, -0.2) is 37.0 Å². The average molecular weight is 280 g/mol. The molecule has 0 radical (unpaired) electrons. The van der Waals surface area contributed by atoms with Crippen LogP contribution in [0.15, 0.2) is 0 Å². The Morgan fingerprint density at radius 2 is 1.85 bits per heavy atom. The third kappa shape index (κ3) is 5.08. The van der Waals surface area contributed by atoms with Gasteiger partial charge < -0.3 is 10.2 Å². The van der Waals surface area contributed by atoms with Crippen molar-refractivity contribution in [2.75, 3.05) is 26.2 Å². The zero-order valence-electron chi connectivity index (χ0n) is 13.2. The quantitative estimate of drug-likeness (QED) is 0.810. The predicted octanol–water partition coefficient (Wildman–Crippen LogP) is 3.20. The van der Waals surface area contributed by atoms with Crippen LogP contribution in [-0.2, 0) is 4.79 Å². The van der Waals surface area contributed by atoms with Crippen LogP contribution < -0.4 is 5.32 Å². The maximum Gasteiger partial charge on any atom is 0.222 e. The van der Waals surface area contributed by atoms with Gasteiger partial charge in [-0.15, -0.1) is 0 Å². The summed E-state index contributed by atoms with van der Waals surface area (Å²) in [6.45, 7) is 6.20. The zero-order valence-corrected chi connectivity index (χ0v) is 13.2. The minimum absolute atomic E-state index is 0.392. The molecule has 3 nitrogen and oxygen atoms in total. The van der Waals surface area contributed by atoms with E-state index >= 15 is 0 Å². The molecule has 1 heterocycles. The highest BCUT2D eigenvalue weighted by Crippen LogP contribution is 2.27. The van der Waals surface area contributed by atoms with Crippen LogP contribution >= 0.6 is 0 Å². The minimum Gasteiger partial charge on any atom is -0.343 e. The van der Waals surface area contributed by atoms with Crippen molar-refractivity contribution < 1.29 is 4.79 Å². The molecule has 0 aromatic rings. The van der Waals surface area contributed by atoms with Gasteiger partial charge in [-0.1, -0.05) is 32.1 Å². The second-order valence-corrected chi connectivity index (χ2v) is 6.69.